The van der Waals surface area contributed by atoms with Gasteiger partial charge in [0.25, 0.3) is 0 Å². The third-order valence-corrected chi connectivity index (χ3v) is 0. The topological polar surface area (TPSA) is 94.5 Å². The first-order valence-corrected chi connectivity index (χ1v) is 17.7. The Hall–Kier alpha value is 1.96. The number of hydrogen-bond acceptors (Lipinski definition) is 0. The molecule has 0 fully saturated rings. The Morgan fingerprint density at radius 2 is 0.714 bits per heavy atom. The molecule has 0 bridgehead atoms. The van der Waals surface area contributed by atoms with E-state index < -0.39 is 10.3 Å². The van der Waals surface area contributed by atoms with Gasteiger partial charge in [-0.25, -0.2) is 0 Å². The normalized spacial score (nSPS) is 3.86. The van der Waals surface area contributed by atoms with Crippen LogP contribution in [0.25, 0.3) is 0 Å². The molecule has 0 radical (unpaired) electrons. The summed E-state index contributed by atoms with van der Waals surface area (Å²) in [5.41, 5.74) is 0. The van der Waals surface area contributed by atoms with Crippen LogP contribution in [0.4, 0.5) is 0 Å². The Bertz CT molecular complexity index is 14.9. The summed E-state index contributed by atoms with van der Waals surface area (Å²) in [6, 6.07) is 0. The van der Waals surface area contributed by atoms with Crippen molar-refractivity contribution in [3.05, 3.63) is 0 Å². The summed E-state index contributed by atoms with van der Waals surface area (Å²) in [5.74, 6) is 0. The van der Waals surface area contributed by atoms with Crippen molar-refractivity contribution in [1.82, 2.24) is 0 Å². The van der Waals surface area contributed by atoms with Gasteiger partial charge in [-0.1, -0.05) is 0 Å². The number of halogens is 3. The molecule has 48 valence electrons. The van der Waals surface area contributed by atoms with Gasteiger partial charge in [0.1, 0.15) is 0 Å². The van der Waals surface area contributed by atoms with E-state index in [2.05, 4.69) is 40.7 Å². The molecular weight excluding hydrogens is 357 g/mol. The molecule has 0 atom stereocenters. The van der Waals surface area contributed by atoms with Crippen LogP contribution >= 0.6 is 40.7 Å². The molecule has 3 nitrogen and oxygen atoms in total. The molecule has 0 aromatic heterocycles. The summed E-state index contributed by atoms with van der Waals surface area (Å²) < 4.78 is 0. The average molecular weight is 363 g/mol. The van der Waals surface area contributed by atoms with E-state index in [0.717, 1.165) is 0 Å². The quantitative estimate of drug-likeness (QED) is 0.528. The van der Waals surface area contributed by atoms with Crippen molar-refractivity contribution in [1.29, 1.82) is 0 Å². The summed E-state index contributed by atoms with van der Waals surface area (Å²) in [6.07, 6.45) is 0. The van der Waals surface area contributed by atoms with Crippen LogP contribution < -0.4 is 0 Å². The molecule has 0 heterocycles. The Morgan fingerprint density at radius 3 is 0.714 bits per heavy atom. The zero-order valence-electron chi connectivity index (χ0n) is 3.21. The van der Waals surface area contributed by atoms with Crippen molar-refractivity contribution in [3.63, 3.8) is 0 Å². The zero-order valence-corrected chi connectivity index (χ0v) is 10.4. The molecule has 0 spiro atoms. The maximum atomic E-state index is 3.29. The molecule has 7 heteroatoms. The molecule has 0 aromatic rings. The molecule has 0 aromatic carbocycles. The standard InChI is InChI=1S/3BrH.Ga.3H2O/h3*1H;;3*1H2/q;;;+3;;;/p-3. The third-order valence-electron chi connectivity index (χ3n) is 0. The Kier molecular flexibility index (Phi) is 51.7. The first-order chi connectivity index (χ1) is 1.73. The Morgan fingerprint density at radius 1 is 0.714 bits per heavy atom. The summed E-state index contributed by atoms with van der Waals surface area (Å²) in [5, 5.41) is 0. The van der Waals surface area contributed by atoms with Crippen molar-refractivity contribution < 1.29 is 16.4 Å². The second-order valence-corrected chi connectivity index (χ2v) is 34.7. The van der Waals surface area contributed by atoms with Crippen LogP contribution in [0.5, 0.6) is 0 Å². The minimum absolute atomic E-state index is 0. The summed E-state index contributed by atoms with van der Waals surface area (Å²) in [4.78, 5) is 0. The van der Waals surface area contributed by atoms with Gasteiger partial charge < -0.3 is 16.4 Å². The van der Waals surface area contributed by atoms with Crippen LogP contribution in [0.3, 0.4) is 0 Å². The fourth-order valence-electron chi connectivity index (χ4n) is 0. The van der Waals surface area contributed by atoms with E-state index in [9.17, 15) is 0 Å². The molecule has 0 saturated heterocycles. The molecule has 7 heavy (non-hydrogen) atoms. The van der Waals surface area contributed by atoms with E-state index in [1.807, 2.05) is 0 Å². The summed E-state index contributed by atoms with van der Waals surface area (Å²) >= 11 is 9.88. The monoisotopic (exact) mass is 360 g/mol. The van der Waals surface area contributed by atoms with Crippen LogP contribution in [-0.4, -0.2) is 26.7 Å². The van der Waals surface area contributed by atoms with Crippen LogP contribution in [0.15, 0.2) is 0 Å². The first kappa shape index (κ1) is 23.1. The van der Waals surface area contributed by atoms with Crippen LogP contribution in [0.1, 0.15) is 0 Å². The van der Waals surface area contributed by atoms with Crippen molar-refractivity contribution in [2.75, 3.05) is 0 Å². The molecule has 0 unspecified atom stereocenters. The van der Waals surface area contributed by atoms with E-state index in [-0.39, 0.29) is 16.4 Å². The summed E-state index contributed by atoms with van der Waals surface area (Å²) in [7, 11) is -1.04. The van der Waals surface area contributed by atoms with Crippen LogP contribution in [-0.2, 0) is 0 Å². The van der Waals surface area contributed by atoms with Gasteiger partial charge in [0.2, 0.25) is 0 Å². The van der Waals surface area contributed by atoms with Gasteiger partial charge in [-0.15, -0.1) is 0 Å². The van der Waals surface area contributed by atoms with Gasteiger partial charge in [-0.05, 0) is 0 Å². The molecule has 0 aliphatic rings. The molecule has 0 aliphatic heterocycles. The van der Waals surface area contributed by atoms with Gasteiger partial charge in [-0.2, -0.15) is 0 Å². The molecule has 0 rings (SSSR count). The molecule has 0 saturated carbocycles. The second kappa shape index (κ2) is 15.7. The minimum atomic E-state index is -1.04. The second-order valence-electron chi connectivity index (χ2n) is 0.247. The fourth-order valence-corrected chi connectivity index (χ4v) is 0. The SMILES string of the molecule is O.O.O.[Br][Ga]([Br])[Br]. The summed E-state index contributed by atoms with van der Waals surface area (Å²) in [6.45, 7) is 0. The molecular formula is H6Br3GaO3. The van der Waals surface area contributed by atoms with Crippen molar-refractivity contribution >= 4 is 51.0 Å². The maximum absolute atomic E-state index is 3.29. The van der Waals surface area contributed by atoms with E-state index in [0.29, 0.717) is 0 Å². The first-order valence-electron chi connectivity index (χ1n) is 0.655. The van der Waals surface area contributed by atoms with Crippen molar-refractivity contribution in [3.8, 4) is 0 Å². The Labute approximate surface area is 66.8 Å². The third kappa shape index (κ3) is 73.8. The van der Waals surface area contributed by atoms with Crippen molar-refractivity contribution in [2.24, 2.45) is 0 Å². The Balaban J connectivity index is -0.0000000150. The number of rotatable bonds is 0. The van der Waals surface area contributed by atoms with E-state index >= 15 is 0 Å². The van der Waals surface area contributed by atoms with E-state index in [1.165, 1.54) is 0 Å². The molecule has 0 amide bonds. The predicted octanol–water partition coefficient (Wildman–Crippen LogP) is -0.318. The van der Waals surface area contributed by atoms with Crippen molar-refractivity contribution in [2.45, 2.75) is 0 Å². The zero-order chi connectivity index (χ0) is 3.58. The van der Waals surface area contributed by atoms with Crippen LogP contribution in [0, 0.1) is 0 Å². The van der Waals surface area contributed by atoms with E-state index in [1.54, 1.807) is 0 Å². The van der Waals surface area contributed by atoms with Gasteiger partial charge >= 0.3 is 51.0 Å². The van der Waals surface area contributed by atoms with Gasteiger partial charge in [0.15, 0.2) is 0 Å². The molecule has 6 N–H and O–H groups in total. The average Bonchev–Trinajstić information content (AvgIpc) is 0.811. The van der Waals surface area contributed by atoms with Gasteiger partial charge in [0.05, 0.1) is 0 Å². The molecule has 0 aliphatic carbocycles. The predicted molar refractivity (Wildman–Crippen MR) is 43.4 cm³/mol. The van der Waals surface area contributed by atoms with Gasteiger partial charge in [0, 0.05) is 0 Å². The van der Waals surface area contributed by atoms with Gasteiger partial charge in [-0.3, -0.25) is 0 Å². The van der Waals surface area contributed by atoms with Crippen LogP contribution in [0.2, 0.25) is 0 Å². The number of hydrogen-bond donors (Lipinski definition) is 0. The van der Waals surface area contributed by atoms with E-state index in [4.69, 9.17) is 0 Å². The fraction of sp³-hybridized carbons (Fsp3) is 0.